The normalized spacial score (nSPS) is 10.6. The molecule has 0 saturated heterocycles. The van der Waals surface area contributed by atoms with E-state index in [1.807, 2.05) is 42.7 Å². The number of carbonyl (C=O) groups excluding carboxylic acids is 2. The molecule has 2 aromatic heterocycles. The van der Waals surface area contributed by atoms with Crippen LogP contribution in [0.1, 0.15) is 32.1 Å². The standard InChI is InChI=1S/C21H19ClN2O4/c1-13-11-18(14(2)24(13)15-6-8-16(27-3)9-7-15)19(25)12-28-21(26)17-5-4-10-23-20(17)22/h4-11H,12H2,1-3H3. The Morgan fingerprint density at radius 3 is 2.46 bits per heavy atom. The van der Waals surface area contributed by atoms with Gasteiger partial charge in [0.25, 0.3) is 0 Å². The van der Waals surface area contributed by atoms with Crippen molar-refractivity contribution in [1.29, 1.82) is 0 Å². The van der Waals surface area contributed by atoms with Crippen molar-refractivity contribution in [2.75, 3.05) is 13.7 Å². The summed E-state index contributed by atoms with van der Waals surface area (Å²) in [6.07, 6.45) is 1.47. The number of aryl methyl sites for hydroxylation is 1. The molecule has 0 atom stereocenters. The Hall–Kier alpha value is -3.12. The highest BCUT2D eigenvalue weighted by atomic mass is 35.5. The van der Waals surface area contributed by atoms with Crippen molar-refractivity contribution < 1.29 is 19.1 Å². The molecule has 0 aliphatic heterocycles. The molecule has 0 fully saturated rings. The maximum absolute atomic E-state index is 12.6. The largest absolute Gasteiger partial charge is 0.497 e. The van der Waals surface area contributed by atoms with Gasteiger partial charge in [-0.1, -0.05) is 11.6 Å². The zero-order valence-corrected chi connectivity index (χ0v) is 16.5. The molecule has 2 heterocycles. The summed E-state index contributed by atoms with van der Waals surface area (Å²) in [4.78, 5) is 28.6. The average Bonchev–Trinajstić information content (AvgIpc) is 3.00. The van der Waals surface area contributed by atoms with Crippen molar-refractivity contribution in [2.45, 2.75) is 13.8 Å². The summed E-state index contributed by atoms with van der Waals surface area (Å²) in [7, 11) is 1.61. The number of Topliss-reactive ketones (excluding diaryl/α,β-unsaturated/α-hetero) is 1. The number of methoxy groups -OCH3 is 1. The summed E-state index contributed by atoms with van der Waals surface area (Å²) < 4.78 is 12.3. The zero-order chi connectivity index (χ0) is 20.3. The van der Waals surface area contributed by atoms with E-state index in [0.717, 1.165) is 22.8 Å². The molecule has 0 aliphatic carbocycles. The molecule has 3 rings (SSSR count). The van der Waals surface area contributed by atoms with Crippen LogP contribution in [0.5, 0.6) is 5.75 Å². The molecule has 0 aliphatic rings. The van der Waals surface area contributed by atoms with Gasteiger partial charge in [-0.2, -0.15) is 0 Å². The van der Waals surface area contributed by atoms with Gasteiger partial charge in [0.2, 0.25) is 5.78 Å². The van der Waals surface area contributed by atoms with E-state index in [0.29, 0.717) is 5.56 Å². The van der Waals surface area contributed by atoms with Crippen molar-refractivity contribution in [3.8, 4) is 11.4 Å². The van der Waals surface area contributed by atoms with E-state index in [-0.39, 0.29) is 23.1 Å². The quantitative estimate of drug-likeness (QED) is 0.353. The summed E-state index contributed by atoms with van der Waals surface area (Å²) in [5.74, 6) is -0.222. The average molecular weight is 399 g/mol. The number of carbonyl (C=O) groups is 2. The van der Waals surface area contributed by atoms with Crippen molar-refractivity contribution >= 4 is 23.4 Å². The summed E-state index contributed by atoms with van der Waals surface area (Å²) in [5.41, 5.74) is 3.20. The lowest BCUT2D eigenvalue weighted by Gasteiger charge is -2.11. The summed E-state index contributed by atoms with van der Waals surface area (Å²) in [6.45, 7) is 3.39. The number of aromatic nitrogens is 2. The third-order valence-electron chi connectivity index (χ3n) is 4.38. The summed E-state index contributed by atoms with van der Waals surface area (Å²) in [6, 6.07) is 12.4. The molecular weight excluding hydrogens is 380 g/mol. The Bertz CT molecular complexity index is 1030. The van der Waals surface area contributed by atoms with Crippen LogP contribution in [-0.4, -0.2) is 35.0 Å². The van der Waals surface area contributed by atoms with Crippen LogP contribution in [0.15, 0.2) is 48.7 Å². The Balaban J connectivity index is 1.77. The monoisotopic (exact) mass is 398 g/mol. The minimum Gasteiger partial charge on any atom is -0.497 e. The van der Waals surface area contributed by atoms with Crippen LogP contribution >= 0.6 is 11.6 Å². The number of nitrogens with zero attached hydrogens (tertiary/aromatic N) is 2. The van der Waals surface area contributed by atoms with E-state index in [4.69, 9.17) is 21.1 Å². The van der Waals surface area contributed by atoms with Crippen LogP contribution in [0.4, 0.5) is 0 Å². The number of ether oxygens (including phenoxy) is 2. The molecule has 7 heteroatoms. The smallest absolute Gasteiger partial charge is 0.341 e. The Morgan fingerprint density at radius 1 is 1.11 bits per heavy atom. The van der Waals surface area contributed by atoms with E-state index in [1.165, 1.54) is 12.3 Å². The van der Waals surface area contributed by atoms with Crippen LogP contribution in [-0.2, 0) is 4.74 Å². The topological polar surface area (TPSA) is 70.4 Å². The SMILES string of the molecule is COc1ccc(-n2c(C)cc(C(=O)COC(=O)c3cccnc3Cl)c2C)cc1. The molecule has 0 spiro atoms. The lowest BCUT2D eigenvalue weighted by Crippen LogP contribution is -2.15. The predicted molar refractivity (Wildman–Crippen MR) is 106 cm³/mol. The van der Waals surface area contributed by atoms with Crippen LogP contribution in [0.2, 0.25) is 5.15 Å². The van der Waals surface area contributed by atoms with E-state index in [1.54, 1.807) is 19.2 Å². The minimum absolute atomic E-state index is 0.0395. The highest BCUT2D eigenvalue weighted by Gasteiger charge is 2.19. The van der Waals surface area contributed by atoms with Gasteiger partial charge in [0.05, 0.1) is 12.7 Å². The first-order valence-electron chi connectivity index (χ1n) is 8.56. The molecule has 3 aromatic rings. The lowest BCUT2D eigenvalue weighted by molar-refractivity contribution is 0.0474. The molecule has 6 nitrogen and oxygen atoms in total. The first kappa shape index (κ1) is 19.6. The minimum atomic E-state index is -0.685. The molecule has 144 valence electrons. The van der Waals surface area contributed by atoms with Crippen LogP contribution in [0.25, 0.3) is 5.69 Å². The fourth-order valence-corrected chi connectivity index (χ4v) is 3.20. The number of pyridine rings is 1. The van der Waals surface area contributed by atoms with Crippen molar-refractivity contribution in [3.05, 3.63) is 76.3 Å². The van der Waals surface area contributed by atoms with E-state index < -0.39 is 5.97 Å². The number of esters is 1. The molecular formula is C21H19ClN2O4. The molecule has 1 aromatic carbocycles. The maximum atomic E-state index is 12.6. The third kappa shape index (κ3) is 3.92. The van der Waals surface area contributed by atoms with E-state index in [9.17, 15) is 9.59 Å². The van der Waals surface area contributed by atoms with Crippen LogP contribution in [0.3, 0.4) is 0 Å². The molecule has 0 saturated carbocycles. The number of rotatable bonds is 6. The first-order valence-corrected chi connectivity index (χ1v) is 8.94. The zero-order valence-electron chi connectivity index (χ0n) is 15.7. The fourth-order valence-electron chi connectivity index (χ4n) is 3.00. The van der Waals surface area contributed by atoms with Crippen LogP contribution in [0, 0.1) is 13.8 Å². The predicted octanol–water partition coefficient (Wildman–Crippen LogP) is 4.19. The van der Waals surface area contributed by atoms with Gasteiger partial charge in [-0.3, -0.25) is 4.79 Å². The number of halogens is 1. The van der Waals surface area contributed by atoms with E-state index >= 15 is 0 Å². The first-order chi connectivity index (χ1) is 13.4. The second-order valence-corrected chi connectivity index (χ2v) is 6.52. The van der Waals surface area contributed by atoms with Gasteiger partial charge in [-0.15, -0.1) is 0 Å². The number of ketones is 1. The molecule has 0 unspecified atom stereocenters. The van der Waals surface area contributed by atoms with Crippen LogP contribution < -0.4 is 4.74 Å². The van der Waals surface area contributed by atoms with Gasteiger partial charge in [0.15, 0.2) is 6.61 Å². The third-order valence-corrected chi connectivity index (χ3v) is 4.68. The Labute approximate surface area is 167 Å². The van der Waals surface area contributed by atoms with E-state index in [2.05, 4.69) is 4.98 Å². The van der Waals surface area contributed by atoms with Gasteiger partial charge in [-0.05, 0) is 56.3 Å². The molecule has 28 heavy (non-hydrogen) atoms. The molecule has 0 bridgehead atoms. The fraction of sp³-hybridized carbons (Fsp3) is 0.190. The van der Waals surface area contributed by atoms with Gasteiger partial charge in [0, 0.05) is 28.8 Å². The highest BCUT2D eigenvalue weighted by Crippen LogP contribution is 2.23. The number of benzene rings is 1. The molecule has 0 radical (unpaired) electrons. The highest BCUT2D eigenvalue weighted by molar-refractivity contribution is 6.32. The summed E-state index contributed by atoms with van der Waals surface area (Å²) >= 11 is 5.88. The van der Waals surface area contributed by atoms with Gasteiger partial charge >= 0.3 is 5.97 Å². The summed E-state index contributed by atoms with van der Waals surface area (Å²) in [5, 5.41) is 0.0395. The van der Waals surface area contributed by atoms with Crippen molar-refractivity contribution in [3.63, 3.8) is 0 Å². The van der Waals surface area contributed by atoms with Gasteiger partial charge in [-0.25, -0.2) is 9.78 Å². The second kappa shape index (κ2) is 8.27. The number of hydrogen-bond acceptors (Lipinski definition) is 5. The Kier molecular flexibility index (Phi) is 5.80. The number of hydrogen-bond donors (Lipinski definition) is 0. The second-order valence-electron chi connectivity index (χ2n) is 6.16. The molecule has 0 amide bonds. The van der Waals surface area contributed by atoms with Gasteiger partial charge in [0.1, 0.15) is 10.9 Å². The van der Waals surface area contributed by atoms with Crippen molar-refractivity contribution in [1.82, 2.24) is 9.55 Å². The lowest BCUT2D eigenvalue weighted by atomic mass is 10.1. The molecule has 0 N–H and O–H groups in total. The van der Waals surface area contributed by atoms with Crippen molar-refractivity contribution in [2.24, 2.45) is 0 Å². The Morgan fingerprint density at radius 2 is 1.82 bits per heavy atom. The maximum Gasteiger partial charge on any atom is 0.341 e. The van der Waals surface area contributed by atoms with Gasteiger partial charge < -0.3 is 14.0 Å².